The lowest BCUT2D eigenvalue weighted by molar-refractivity contribution is 0.0902. The van der Waals surface area contributed by atoms with E-state index >= 15 is 0 Å². The van der Waals surface area contributed by atoms with Crippen molar-refractivity contribution in [3.05, 3.63) is 35.9 Å². The maximum atomic E-state index is 5.46. The van der Waals surface area contributed by atoms with E-state index in [0.29, 0.717) is 13.2 Å². The summed E-state index contributed by atoms with van der Waals surface area (Å²) in [5.74, 6) is 0. The van der Waals surface area contributed by atoms with Crippen LogP contribution in [0.1, 0.15) is 12.5 Å². The zero-order chi connectivity index (χ0) is 10.1. The molecule has 0 radical (unpaired) electrons. The molecule has 14 heavy (non-hydrogen) atoms. The molecule has 2 nitrogen and oxygen atoms in total. The van der Waals surface area contributed by atoms with Gasteiger partial charge in [-0.2, -0.15) is 0 Å². The van der Waals surface area contributed by atoms with Gasteiger partial charge in [0, 0.05) is 0 Å². The number of ether oxygens (including phenoxy) is 1. The van der Waals surface area contributed by atoms with Gasteiger partial charge in [-0.05, 0) is 11.6 Å². The Morgan fingerprint density at radius 1 is 1.14 bits per heavy atom. The molecule has 0 aliphatic carbocycles. The minimum absolute atomic E-state index is 0.249. The monoisotopic (exact) mass is 210 g/mol. The molecule has 78 valence electrons. The lowest BCUT2D eigenvalue weighted by Gasteiger charge is -2.04. The van der Waals surface area contributed by atoms with Gasteiger partial charge >= 0.3 is 0 Å². The van der Waals surface area contributed by atoms with E-state index in [-0.39, 0.29) is 9.76 Å². The summed E-state index contributed by atoms with van der Waals surface area (Å²) < 4.78 is 10.9. The van der Waals surface area contributed by atoms with Crippen molar-refractivity contribution in [1.29, 1.82) is 0 Å². The molecule has 0 atom stereocenters. The average Bonchev–Trinajstić information content (AvgIpc) is 2.25. The second-order valence-electron chi connectivity index (χ2n) is 3.15. The molecule has 0 unspecified atom stereocenters. The van der Waals surface area contributed by atoms with Crippen LogP contribution in [0.2, 0.25) is 6.04 Å². The number of benzene rings is 1. The quantitative estimate of drug-likeness (QED) is 0.504. The summed E-state index contributed by atoms with van der Waals surface area (Å²) in [7, 11) is -0.249. The summed E-state index contributed by atoms with van der Waals surface area (Å²) in [6.07, 6.45) is 0. The van der Waals surface area contributed by atoms with Crippen molar-refractivity contribution >= 4 is 9.76 Å². The van der Waals surface area contributed by atoms with E-state index < -0.39 is 0 Å². The normalized spacial score (nSPS) is 11.2. The van der Waals surface area contributed by atoms with Crippen LogP contribution in [0.4, 0.5) is 0 Å². The third-order valence-corrected chi connectivity index (χ3v) is 2.82. The Bertz CT molecular complexity index is 226. The van der Waals surface area contributed by atoms with Gasteiger partial charge in [0.2, 0.25) is 0 Å². The Labute approximate surface area is 88.2 Å². The summed E-state index contributed by atoms with van der Waals surface area (Å²) in [6, 6.07) is 11.4. The molecule has 0 spiro atoms. The van der Waals surface area contributed by atoms with Crippen molar-refractivity contribution in [3.63, 3.8) is 0 Å². The topological polar surface area (TPSA) is 18.5 Å². The SMILES string of the molecule is CC[SiH2]OCCOCc1ccccc1. The van der Waals surface area contributed by atoms with Gasteiger partial charge in [0.25, 0.3) is 0 Å². The predicted molar refractivity (Wildman–Crippen MR) is 61.1 cm³/mol. The zero-order valence-electron chi connectivity index (χ0n) is 8.74. The lowest BCUT2D eigenvalue weighted by Crippen LogP contribution is -2.06. The molecule has 0 aliphatic rings. The molecule has 0 saturated heterocycles. The standard InChI is InChI=1S/C11H18O2Si/c1-2-14-13-9-8-12-10-11-6-4-3-5-7-11/h3-7H,2,8-10,14H2,1H3. The minimum Gasteiger partial charge on any atom is -0.422 e. The van der Waals surface area contributed by atoms with Crippen LogP contribution in [0.3, 0.4) is 0 Å². The number of hydrogen-bond acceptors (Lipinski definition) is 2. The van der Waals surface area contributed by atoms with Gasteiger partial charge in [0.1, 0.15) is 0 Å². The van der Waals surface area contributed by atoms with Crippen LogP contribution in [0.5, 0.6) is 0 Å². The van der Waals surface area contributed by atoms with Gasteiger partial charge in [-0.3, -0.25) is 0 Å². The van der Waals surface area contributed by atoms with E-state index in [1.807, 2.05) is 18.2 Å². The highest BCUT2D eigenvalue weighted by Crippen LogP contribution is 1.99. The fourth-order valence-corrected chi connectivity index (χ4v) is 1.74. The zero-order valence-corrected chi connectivity index (χ0v) is 10.2. The van der Waals surface area contributed by atoms with E-state index in [9.17, 15) is 0 Å². The molecule has 0 saturated carbocycles. The smallest absolute Gasteiger partial charge is 0.161 e. The Kier molecular flexibility index (Phi) is 6.31. The number of rotatable bonds is 7. The van der Waals surface area contributed by atoms with Crippen LogP contribution in [0, 0.1) is 0 Å². The van der Waals surface area contributed by atoms with Crippen molar-refractivity contribution in [2.75, 3.05) is 13.2 Å². The molecule has 0 heterocycles. The van der Waals surface area contributed by atoms with Crippen molar-refractivity contribution in [3.8, 4) is 0 Å². The summed E-state index contributed by atoms with van der Waals surface area (Å²) in [6.45, 7) is 4.32. The maximum absolute atomic E-state index is 5.46. The van der Waals surface area contributed by atoms with Crippen molar-refractivity contribution in [1.82, 2.24) is 0 Å². The average molecular weight is 210 g/mol. The van der Waals surface area contributed by atoms with Crippen LogP contribution in [0.15, 0.2) is 30.3 Å². The van der Waals surface area contributed by atoms with E-state index in [4.69, 9.17) is 9.16 Å². The maximum Gasteiger partial charge on any atom is 0.161 e. The van der Waals surface area contributed by atoms with Gasteiger partial charge in [-0.25, -0.2) is 0 Å². The summed E-state index contributed by atoms with van der Waals surface area (Å²) >= 11 is 0. The highest BCUT2D eigenvalue weighted by molar-refractivity contribution is 6.26. The Morgan fingerprint density at radius 3 is 2.64 bits per heavy atom. The molecule has 1 aromatic rings. The van der Waals surface area contributed by atoms with Crippen molar-refractivity contribution in [2.45, 2.75) is 19.6 Å². The first-order chi connectivity index (χ1) is 6.93. The minimum atomic E-state index is -0.249. The van der Waals surface area contributed by atoms with Crippen LogP contribution in [0.25, 0.3) is 0 Å². The Hall–Kier alpha value is -0.643. The third-order valence-electron chi connectivity index (χ3n) is 1.83. The van der Waals surface area contributed by atoms with Crippen LogP contribution < -0.4 is 0 Å². The Balaban J connectivity index is 1.99. The molecular formula is C11H18O2Si. The van der Waals surface area contributed by atoms with Gasteiger partial charge in [0.05, 0.1) is 19.8 Å². The first kappa shape index (κ1) is 11.4. The fourth-order valence-electron chi connectivity index (χ4n) is 1.13. The molecule has 0 amide bonds. The second kappa shape index (κ2) is 7.73. The lowest BCUT2D eigenvalue weighted by atomic mass is 10.2. The third kappa shape index (κ3) is 5.17. The number of hydrogen-bond donors (Lipinski definition) is 0. The fraction of sp³-hybridized carbons (Fsp3) is 0.455. The molecule has 0 aliphatic heterocycles. The van der Waals surface area contributed by atoms with Crippen molar-refractivity contribution in [2.24, 2.45) is 0 Å². The van der Waals surface area contributed by atoms with E-state index in [1.54, 1.807) is 0 Å². The molecule has 1 rings (SSSR count). The summed E-state index contributed by atoms with van der Waals surface area (Å²) in [5.41, 5.74) is 1.22. The molecule has 3 heteroatoms. The van der Waals surface area contributed by atoms with Crippen LogP contribution >= 0.6 is 0 Å². The van der Waals surface area contributed by atoms with Gasteiger partial charge in [-0.15, -0.1) is 0 Å². The second-order valence-corrected chi connectivity index (χ2v) is 4.97. The van der Waals surface area contributed by atoms with Gasteiger partial charge in [0.15, 0.2) is 9.76 Å². The van der Waals surface area contributed by atoms with Crippen LogP contribution in [-0.4, -0.2) is 23.0 Å². The largest absolute Gasteiger partial charge is 0.422 e. The summed E-state index contributed by atoms with van der Waals surface area (Å²) in [5, 5.41) is 0. The van der Waals surface area contributed by atoms with Gasteiger partial charge < -0.3 is 9.16 Å². The molecule has 0 N–H and O–H groups in total. The molecule has 0 fully saturated rings. The molecular weight excluding hydrogens is 192 g/mol. The summed E-state index contributed by atoms with van der Waals surface area (Å²) in [4.78, 5) is 0. The van der Waals surface area contributed by atoms with Gasteiger partial charge in [-0.1, -0.05) is 37.3 Å². The highest BCUT2D eigenvalue weighted by atomic mass is 28.2. The first-order valence-corrected chi connectivity index (χ1v) is 6.70. The molecule has 1 aromatic carbocycles. The van der Waals surface area contributed by atoms with E-state index in [0.717, 1.165) is 6.61 Å². The first-order valence-electron chi connectivity index (χ1n) is 5.13. The molecule has 0 bridgehead atoms. The predicted octanol–water partition coefficient (Wildman–Crippen LogP) is 1.74. The Morgan fingerprint density at radius 2 is 1.93 bits per heavy atom. The van der Waals surface area contributed by atoms with E-state index in [1.165, 1.54) is 11.6 Å². The highest BCUT2D eigenvalue weighted by Gasteiger charge is 1.91. The van der Waals surface area contributed by atoms with E-state index in [2.05, 4.69) is 19.1 Å². The van der Waals surface area contributed by atoms with Crippen molar-refractivity contribution < 1.29 is 9.16 Å². The molecule has 0 aromatic heterocycles. The van der Waals surface area contributed by atoms with Crippen LogP contribution in [-0.2, 0) is 15.8 Å².